The van der Waals surface area contributed by atoms with Crippen molar-refractivity contribution < 1.29 is 19.0 Å². The maximum absolute atomic E-state index is 13.0. The molecule has 0 saturated carbocycles. The third-order valence-electron chi connectivity index (χ3n) is 7.18. The molecule has 1 N–H and O–H groups in total. The number of para-hydroxylation sites is 1. The van der Waals surface area contributed by atoms with Gasteiger partial charge in [0.15, 0.2) is 0 Å². The topological polar surface area (TPSA) is 75.4 Å². The lowest BCUT2D eigenvalue weighted by atomic mass is 10.1. The first-order valence-corrected chi connectivity index (χ1v) is 13.4. The average molecular weight is 529 g/mol. The number of piperazine rings is 1. The zero-order valence-electron chi connectivity index (χ0n) is 23.1. The minimum atomic E-state index is -0.631. The average Bonchev–Trinajstić information content (AvgIpc) is 2.89. The van der Waals surface area contributed by atoms with Gasteiger partial charge in [-0.25, -0.2) is 0 Å². The number of hydrogen-bond acceptors (Lipinski definition) is 7. The molecule has 4 aromatic rings. The van der Waals surface area contributed by atoms with Crippen LogP contribution in [0.4, 0.5) is 5.69 Å². The first-order chi connectivity index (χ1) is 18.8. The molecule has 204 valence electrons. The van der Waals surface area contributed by atoms with Crippen molar-refractivity contribution in [2.45, 2.75) is 33.8 Å². The molecule has 1 aliphatic rings. The Labute approximate surface area is 229 Å². The molecule has 0 spiro atoms. The van der Waals surface area contributed by atoms with E-state index < -0.39 is 6.10 Å². The molecule has 1 atom stereocenters. The minimum Gasteiger partial charge on any atom is -0.491 e. The molecule has 5 rings (SSSR count). The Hall–Kier alpha value is -3.81. The lowest BCUT2D eigenvalue weighted by Crippen LogP contribution is -2.49. The second-order valence-corrected chi connectivity index (χ2v) is 10.5. The van der Waals surface area contributed by atoms with Gasteiger partial charge in [-0.05, 0) is 74.2 Å². The molecule has 7 heteroatoms. The molecule has 1 fully saturated rings. The summed E-state index contributed by atoms with van der Waals surface area (Å²) in [5.74, 6) is 1.27. The van der Waals surface area contributed by atoms with Crippen molar-refractivity contribution in [2.75, 3.05) is 44.2 Å². The molecule has 1 aliphatic heterocycles. The summed E-state index contributed by atoms with van der Waals surface area (Å²) in [5, 5.41) is 11.0. The van der Waals surface area contributed by atoms with E-state index in [9.17, 15) is 9.90 Å². The quantitative estimate of drug-likeness (QED) is 0.329. The first-order valence-electron chi connectivity index (χ1n) is 13.4. The summed E-state index contributed by atoms with van der Waals surface area (Å²) < 4.78 is 17.4. The fraction of sp³-hybridized carbons (Fsp3) is 0.344. The lowest BCUT2D eigenvalue weighted by Gasteiger charge is -2.38. The molecular formula is C32H36N2O5. The van der Waals surface area contributed by atoms with Gasteiger partial charge >= 0.3 is 0 Å². The summed E-state index contributed by atoms with van der Waals surface area (Å²) in [5.41, 5.74) is 6.19. The van der Waals surface area contributed by atoms with Gasteiger partial charge < -0.3 is 23.9 Å². The number of anilines is 1. The number of β-amino-alcohol motifs (C(OH)–C–C–N with tert-alkyl or cyclic N) is 1. The van der Waals surface area contributed by atoms with Crippen molar-refractivity contribution in [3.8, 4) is 17.2 Å². The molecule has 1 saturated heterocycles. The van der Waals surface area contributed by atoms with Crippen LogP contribution in [0.1, 0.15) is 22.3 Å². The van der Waals surface area contributed by atoms with Crippen LogP contribution < -0.4 is 19.8 Å². The van der Waals surface area contributed by atoms with Crippen LogP contribution in [0.15, 0.2) is 70.1 Å². The van der Waals surface area contributed by atoms with E-state index in [1.807, 2.05) is 32.0 Å². The monoisotopic (exact) mass is 528 g/mol. The van der Waals surface area contributed by atoms with E-state index in [2.05, 4.69) is 41.8 Å². The molecular weight excluding hydrogens is 492 g/mol. The number of ether oxygens (including phenoxy) is 2. The number of aryl methyl sites for hydroxylation is 4. The Morgan fingerprint density at radius 2 is 1.59 bits per heavy atom. The van der Waals surface area contributed by atoms with E-state index in [0.29, 0.717) is 29.0 Å². The van der Waals surface area contributed by atoms with Crippen LogP contribution in [0.5, 0.6) is 17.2 Å². The van der Waals surface area contributed by atoms with Crippen LogP contribution in [-0.2, 0) is 0 Å². The van der Waals surface area contributed by atoms with E-state index in [1.165, 1.54) is 23.1 Å². The number of aliphatic hydroxyl groups excluding tert-OH is 1. The zero-order chi connectivity index (χ0) is 27.5. The van der Waals surface area contributed by atoms with E-state index in [1.54, 1.807) is 18.2 Å². The number of nitrogens with zero attached hydrogens (tertiary/aromatic N) is 2. The maximum atomic E-state index is 13.0. The van der Waals surface area contributed by atoms with E-state index in [-0.39, 0.29) is 17.8 Å². The van der Waals surface area contributed by atoms with Crippen LogP contribution >= 0.6 is 0 Å². The molecule has 1 unspecified atom stereocenters. The standard InChI is InChI=1S/C32H36N2O5/c1-21-14-22(2)16-27(15-21)39-30-20-38-29-17-26(8-9-28(29)32(30)36)37-19-25(35)18-33-10-12-34(13-11-33)31-23(3)6-5-7-24(31)4/h5-9,14-17,20,25,35H,10-13,18-19H2,1-4H3. The summed E-state index contributed by atoms with van der Waals surface area (Å²) in [6, 6.07) is 17.3. The Morgan fingerprint density at radius 1 is 0.897 bits per heavy atom. The van der Waals surface area contributed by atoms with Crippen LogP contribution in [0, 0.1) is 27.7 Å². The number of benzene rings is 3. The van der Waals surface area contributed by atoms with Gasteiger partial charge in [0.25, 0.3) is 0 Å². The van der Waals surface area contributed by atoms with E-state index in [4.69, 9.17) is 13.9 Å². The summed E-state index contributed by atoms with van der Waals surface area (Å²) in [4.78, 5) is 17.7. The van der Waals surface area contributed by atoms with Gasteiger partial charge in [0.2, 0.25) is 11.2 Å². The SMILES string of the molecule is Cc1cc(C)cc(Oc2coc3cc(OCC(O)CN4CCN(c5c(C)cccc5C)CC4)ccc3c2=O)c1. The van der Waals surface area contributed by atoms with Gasteiger partial charge in [0.05, 0.1) is 5.39 Å². The van der Waals surface area contributed by atoms with Crippen molar-refractivity contribution >= 4 is 16.7 Å². The Morgan fingerprint density at radius 3 is 2.28 bits per heavy atom. The maximum Gasteiger partial charge on any atom is 0.235 e. The van der Waals surface area contributed by atoms with Crippen molar-refractivity contribution in [3.63, 3.8) is 0 Å². The van der Waals surface area contributed by atoms with Gasteiger partial charge in [-0.3, -0.25) is 9.69 Å². The van der Waals surface area contributed by atoms with Crippen molar-refractivity contribution in [1.82, 2.24) is 4.90 Å². The Bertz CT molecular complexity index is 1480. The highest BCUT2D eigenvalue weighted by Crippen LogP contribution is 2.27. The van der Waals surface area contributed by atoms with Gasteiger partial charge in [-0.2, -0.15) is 0 Å². The molecule has 0 radical (unpaired) electrons. The van der Waals surface area contributed by atoms with Gasteiger partial charge in [-0.1, -0.05) is 24.3 Å². The molecule has 2 heterocycles. The number of rotatable bonds is 8. The molecule has 7 nitrogen and oxygen atoms in total. The normalized spacial score (nSPS) is 14.9. The lowest BCUT2D eigenvalue weighted by molar-refractivity contribution is 0.0663. The molecule has 3 aromatic carbocycles. The van der Waals surface area contributed by atoms with Gasteiger partial charge in [0.1, 0.15) is 36.1 Å². The number of aliphatic hydroxyl groups is 1. The van der Waals surface area contributed by atoms with Crippen LogP contribution in [0.3, 0.4) is 0 Å². The molecule has 0 amide bonds. The highest BCUT2D eigenvalue weighted by atomic mass is 16.5. The molecule has 0 aliphatic carbocycles. The van der Waals surface area contributed by atoms with Crippen LogP contribution in [0.2, 0.25) is 0 Å². The summed E-state index contributed by atoms with van der Waals surface area (Å²) in [6.45, 7) is 12.6. The fourth-order valence-corrected chi connectivity index (χ4v) is 5.37. The highest BCUT2D eigenvalue weighted by Gasteiger charge is 2.21. The second-order valence-electron chi connectivity index (χ2n) is 10.5. The Balaban J connectivity index is 1.16. The Kier molecular flexibility index (Phi) is 7.91. The molecule has 0 bridgehead atoms. The van der Waals surface area contributed by atoms with Gasteiger partial charge in [0, 0.05) is 44.5 Å². The number of hydrogen-bond donors (Lipinski definition) is 1. The minimum absolute atomic E-state index is 0.134. The smallest absolute Gasteiger partial charge is 0.235 e. The molecule has 39 heavy (non-hydrogen) atoms. The van der Waals surface area contributed by atoms with Crippen molar-refractivity contribution in [3.05, 3.63) is 93.3 Å². The van der Waals surface area contributed by atoms with Crippen molar-refractivity contribution in [1.29, 1.82) is 0 Å². The van der Waals surface area contributed by atoms with Crippen molar-refractivity contribution in [2.24, 2.45) is 0 Å². The third-order valence-corrected chi connectivity index (χ3v) is 7.18. The predicted octanol–water partition coefficient (Wildman–Crippen LogP) is 5.38. The second kappa shape index (κ2) is 11.5. The van der Waals surface area contributed by atoms with Crippen LogP contribution in [0.25, 0.3) is 11.0 Å². The first kappa shape index (κ1) is 26.8. The zero-order valence-corrected chi connectivity index (χ0v) is 23.1. The van der Waals surface area contributed by atoms with E-state index in [0.717, 1.165) is 37.3 Å². The van der Waals surface area contributed by atoms with E-state index >= 15 is 0 Å². The summed E-state index contributed by atoms with van der Waals surface area (Å²) in [7, 11) is 0. The summed E-state index contributed by atoms with van der Waals surface area (Å²) >= 11 is 0. The molecule has 1 aromatic heterocycles. The van der Waals surface area contributed by atoms with Gasteiger partial charge in [-0.15, -0.1) is 0 Å². The fourth-order valence-electron chi connectivity index (χ4n) is 5.37. The number of fused-ring (bicyclic) bond motifs is 1. The largest absolute Gasteiger partial charge is 0.491 e. The van der Waals surface area contributed by atoms with Crippen LogP contribution in [-0.4, -0.2) is 55.4 Å². The highest BCUT2D eigenvalue weighted by molar-refractivity contribution is 5.79. The summed E-state index contributed by atoms with van der Waals surface area (Å²) in [6.07, 6.45) is 0.701. The third kappa shape index (κ3) is 6.27. The predicted molar refractivity (Wildman–Crippen MR) is 155 cm³/mol.